The quantitative estimate of drug-likeness (QED) is 0.333. The highest BCUT2D eigenvalue weighted by molar-refractivity contribution is 6.15. The molecule has 0 aliphatic carbocycles. The van der Waals surface area contributed by atoms with Crippen molar-refractivity contribution in [1.29, 1.82) is 5.26 Å². The second-order valence-corrected chi connectivity index (χ2v) is 7.42. The summed E-state index contributed by atoms with van der Waals surface area (Å²) in [5, 5.41) is 11.2. The summed E-state index contributed by atoms with van der Waals surface area (Å²) in [5.74, 6) is 0. The molecule has 0 aliphatic rings. The maximum Gasteiger partial charge on any atom is 0.216 e. The SMILES string of the molecule is [2H]c1c([2H])c([2H])c(-c2cccc3c2oc2c(-c4cc(C)cc[n+]4C)c(C)cc(C#N)c23)c([2H])c1[2H]. The fourth-order valence-corrected chi connectivity index (χ4v) is 4.01. The van der Waals surface area contributed by atoms with Gasteiger partial charge in [-0.25, -0.2) is 4.57 Å². The number of hydrogen-bond acceptors (Lipinski definition) is 2. The van der Waals surface area contributed by atoms with E-state index in [2.05, 4.69) is 12.1 Å². The van der Waals surface area contributed by atoms with Crippen LogP contribution >= 0.6 is 0 Å². The summed E-state index contributed by atoms with van der Waals surface area (Å²) in [6, 6.07) is 11.6. The molecule has 0 bridgehead atoms. The minimum Gasteiger partial charge on any atom is -0.454 e. The highest BCUT2D eigenvalue weighted by atomic mass is 16.3. The van der Waals surface area contributed by atoms with Crippen LogP contribution in [0.25, 0.3) is 44.3 Å². The van der Waals surface area contributed by atoms with E-state index >= 15 is 0 Å². The van der Waals surface area contributed by atoms with Crippen LogP contribution in [0.3, 0.4) is 0 Å². The van der Waals surface area contributed by atoms with Crippen LogP contribution in [-0.4, -0.2) is 0 Å². The molecule has 0 amide bonds. The smallest absolute Gasteiger partial charge is 0.216 e. The van der Waals surface area contributed by atoms with Crippen LogP contribution in [0, 0.1) is 25.2 Å². The topological polar surface area (TPSA) is 40.8 Å². The molecular formula is C27H21N2O+. The maximum atomic E-state index is 9.95. The van der Waals surface area contributed by atoms with Crippen LogP contribution in [0.5, 0.6) is 0 Å². The molecular weight excluding hydrogens is 368 g/mol. The highest BCUT2D eigenvalue weighted by Gasteiger charge is 2.24. The Labute approximate surface area is 182 Å². The maximum absolute atomic E-state index is 9.95. The summed E-state index contributed by atoms with van der Waals surface area (Å²) in [5.41, 5.74) is 5.51. The number of aryl methyl sites for hydroxylation is 3. The Morgan fingerprint density at radius 2 is 1.83 bits per heavy atom. The number of aromatic nitrogens is 1. The van der Waals surface area contributed by atoms with Gasteiger partial charge in [0, 0.05) is 28.5 Å². The number of benzene rings is 3. The van der Waals surface area contributed by atoms with Crippen molar-refractivity contribution in [3.05, 3.63) is 89.5 Å². The summed E-state index contributed by atoms with van der Waals surface area (Å²) < 4.78 is 49.5. The van der Waals surface area contributed by atoms with E-state index in [1.54, 1.807) is 12.1 Å². The molecule has 2 heterocycles. The van der Waals surface area contributed by atoms with E-state index in [0.29, 0.717) is 33.1 Å². The Balaban J connectivity index is 1.97. The van der Waals surface area contributed by atoms with Crippen LogP contribution in [-0.2, 0) is 7.05 Å². The third-order valence-electron chi connectivity index (χ3n) is 5.42. The molecule has 0 radical (unpaired) electrons. The van der Waals surface area contributed by atoms with Crippen molar-refractivity contribution in [3.8, 4) is 28.5 Å². The van der Waals surface area contributed by atoms with Crippen molar-refractivity contribution in [2.75, 3.05) is 0 Å². The predicted octanol–water partition coefficient (Wildman–Crippen LogP) is 6.23. The zero-order valence-corrected chi connectivity index (χ0v) is 16.8. The van der Waals surface area contributed by atoms with Crippen molar-refractivity contribution in [2.45, 2.75) is 13.8 Å². The molecule has 0 N–H and O–H groups in total. The van der Waals surface area contributed by atoms with Gasteiger partial charge in [-0.1, -0.05) is 48.4 Å². The summed E-state index contributed by atoms with van der Waals surface area (Å²) in [6.07, 6.45) is 1.97. The van der Waals surface area contributed by atoms with E-state index in [9.17, 15) is 5.26 Å². The molecule has 0 saturated heterocycles. The number of para-hydroxylation sites is 1. The van der Waals surface area contributed by atoms with Crippen LogP contribution in [0.1, 0.15) is 23.5 Å². The fourth-order valence-electron chi connectivity index (χ4n) is 4.01. The summed E-state index contributed by atoms with van der Waals surface area (Å²) >= 11 is 0. The van der Waals surface area contributed by atoms with Gasteiger partial charge in [0.1, 0.15) is 12.6 Å². The van der Waals surface area contributed by atoms with Crippen molar-refractivity contribution >= 4 is 21.9 Å². The van der Waals surface area contributed by atoms with Crippen molar-refractivity contribution < 1.29 is 15.8 Å². The van der Waals surface area contributed by atoms with Gasteiger partial charge in [-0.3, -0.25) is 0 Å². The monoisotopic (exact) mass is 394 g/mol. The van der Waals surface area contributed by atoms with E-state index in [0.717, 1.165) is 22.4 Å². The van der Waals surface area contributed by atoms with Crippen molar-refractivity contribution in [3.63, 3.8) is 0 Å². The van der Waals surface area contributed by atoms with Gasteiger partial charge in [0.15, 0.2) is 11.8 Å². The van der Waals surface area contributed by atoms with E-state index in [1.165, 1.54) is 0 Å². The van der Waals surface area contributed by atoms with Gasteiger partial charge < -0.3 is 4.42 Å². The molecule has 30 heavy (non-hydrogen) atoms. The molecule has 0 unspecified atom stereocenters. The Hall–Kier alpha value is -3.90. The summed E-state index contributed by atoms with van der Waals surface area (Å²) in [4.78, 5) is 0. The zero-order chi connectivity index (χ0) is 25.2. The van der Waals surface area contributed by atoms with E-state index in [4.69, 9.17) is 11.3 Å². The van der Waals surface area contributed by atoms with Gasteiger partial charge in [0.05, 0.1) is 24.0 Å². The Kier molecular flexibility index (Phi) is 3.05. The van der Waals surface area contributed by atoms with Crippen molar-refractivity contribution in [1.82, 2.24) is 0 Å². The minimum atomic E-state index is -0.447. The molecule has 5 rings (SSSR count). The Morgan fingerprint density at radius 3 is 2.60 bits per heavy atom. The first-order valence-corrected chi connectivity index (χ1v) is 9.58. The lowest BCUT2D eigenvalue weighted by atomic mass is 9.95. The first kappa shape index (κ1) is 13.3. The molecule has 3 aromatic carbocycles. The lowest BCUT2D eigenvalue weighted by Gasteiger charge is -2.07. The number of fused-ring (bicyclic) bond motifs is 3. The standard InChI is InChI=1S/C27H21N2O/c1-17-12-13-29(3)23(14-17)24-18(2)15-20(16-28)25-22-11-7-10-21(26(22)30-27(24)25)19-8-5-4-6-9-19/h4-15H,1-3H3/q+1/i4D,5D,6D,8D,9D. The average Bonchev–Trinajstić information content (AvgIpc) is 3.23. The van der Waals surface area contributed by atoms with Crippen molar-refractivity contribution in [2.24, 2.45) is 7.05 Å². The molecule has 0 atom stereocenters. The lowest BCUT2D eigenvalue weighted by molar-refractivity contribution is -0.660. The van der Waals surface area contributed by atoms with Gasteiger partial charge in [0.25, 0.3) is 0 Å². The van der Waals surface area contributed by atoms with E-state index in [1.807, 2.05) is 49.9 Å². The fraction of sp³-hybridized carbons (Fsp3) is 0.111. The number of furan rings is 1. The first-order valence-electron chi connectivity index (χ1n) is 12.1. The van der Waals surface area contributed by atoms with Gasteiger partial charge in [-0.05, 0) is 36.6 Å². The molecule has 3 heteroatoms. The molecule has 2 aromatic heterocycles. The normalized spacial score (nSPS) is 13.5. The second kappa shape index (κ2) is 6.86. The Morgan fingerprint density at radius 1 is 1.03 bits per heavy atom. The predicted molar refractivity (Wildman–Crippen MR) is 120 cm³/mol. The summed E-state index contributed by atoms with van der Waals surface area (Å²) in [6.45, 7) is 3.94. The molecule has 0 fully saturated rings. The van der Waals surface area contributed by atoms with Crippen LogP contribution in [0.2, 0.25) is 0 Å². The zero-order valence-electron chi connectivity index (χ0n) is 21.8. The average molecular weight is 395 g/mol. The van der Waals surface area contributed by atoms with Gasteiger partial charge in [-0.15, -0.1) is 0 Å². The molecule has 0 aliphatic heterocycles. The van der Waals surface area contributed by atoms with Gasteiger partial charge in [-0.2, -0.15) is 5.26 Å². The van der Waals surface area contributed by atoms with E-state index < -0.39 is 18.1 Å². The minimum absolute atomic E-state index is 0.0681. The highest BCUT2D eigenvalue weighted by Crippen LogP contribution is 2.42. The van der Waals surface area contributed by atoms with Crippen LogP contribution < -0.4 is 4.57 Å². The molecule has 0 saturated carbocycles. The van der Waals surface area contributed by atoms with Gasteiger partial charge in [0.2, 0.25) is 5.69 Å². The molecule has 3 nitrogen and oxygen atoms in total. The number of nitriles is 1. The van der Waals surface area contributed by atoms with Crippen LogP contribution in [0.4, 0.5) is 0 Å². The third-order valence-corrected chi connectivity index (χ3v) is 5.42. The molecule has 144 valence electrons. The van der Waals surface area contributed by atoms with Crippen LogP contribution in [0.15, 0.2) is 77.2 Å². The Bertz CT molecular complexity index is 1720. The molecule has 0 spiro atoms. The summed E-state index contributed by atoms with van der Waals surface area (Å²) in [7, 11) is 1.94. The molecule has 5 aromatic rings. The first-order chi connectivity index (χ1) is 16.6. The number of hydrogen-bond donors (Lipinski definition) is 0. The largest absolute Gasteiger partial charge is 0.454 e. The lowest BCUT2D eigenvalue weighted by Crippen LogP contribution is -2.30. The number of nitrogens with zero attached hydrogens (tertiary/aromatic N) is 2. The number of rotatable bonds is 2. The van der Waals surface area contributed by atoms with Gasteiger partial charge >= 0.3 is 0 Å². The third kappa shape index (κ3) is 2.69. The number of pyridine rings is 1. The second-order valence-electron chi connectivity index (χ2n) is 7.42. The van der Waals surface area contributed by atoms with E-state index in [-0.39, 0.29) is 17.6 Å².